The quantitative estimate of drug-likeness (QED) is 0.676. The number of thioether (sulfide) groups is 1. The molecule has 0 saturated carbocycles. The molecular formula is C19H20N4O2S. The SMILES string of the molecule is CC(C)C(Sc1nc2ccccc2n1-c1ccccc1)C(=O)NC(N)=O. The maximum absolute atomic E-state index is 12.4. The van der Waals surface area contributed by atoms with Gasteiger partial charge in [0.15, 0.2) is 5.16 Å². The molecule has 1 unspecified atom stereocenters. The Morgan fingerprint density at radius 3 is 2.38 bits per heavy atom. The van der Waals surface area contributed by atoms with Gasteiger partial charge in [-0.25, -0.2) is 9.78 Å². The first-order valence-electron chi connectivity index (χ1n) is 8.27. The summed E-state index contributed by atoms with van der Waals surface area (Å²) in [6, 6.07) is 16.8. The van der Waals surface area contributed by atoms with E-state index >= 15 is 0 Å². The van der Waals surface area contributed by atoms with Crippen LogP contribution in [-0.4, -0.2) is 26.7 Å². The van der Waals surface area contributed by atoms with E-state index in [1.54, 1.807) is 0 Å². The van der Waals surface area contributed by atoms with Gasteiger partial charge in [0.05, 0.1) is 16.3 Å². The van der Waals surface area contributed by atoms with E-state index in [1.807, 2.05) is 73.0 Å². The van der Waals surface area contributed by atoms with Crippen LogP contribution < -0.4 is 11.1 Å². The number of hydrogen-bond acceptors (Lipinski definition) is 4. The van der Waals surface area contributed by atoms with E-state index in [0.717, 1.165) is 16.7 Å². The lowest BCUT2D eigenvalue weighted by Crippen LogP contribution is -2.42. The summed E-state index contributed by atoms with van der Waals surface area (Å²) >= 11 is 1.33. The number of amides is 3. The minimum atomic E-state index is -0.849. The van der Waals surface area contributed by atoms with Crippen molar-refractivity contribution in [3.63, 3.8) is 0 Å². The molecule has 0 aliphatic heterocycles. The second kappa shape index (κ2) is 7.61. The molecule has 0 aliphatic rings. The topological polar surface area (TPSA) is 90.0 Å². The lowest BCUT2D eigenvalue weighted by Gasteiger charge is -2.19. The molecule has 3 N–H and O–H groups in total. The predicted molar refractivity (Wildman–Crippen MR) is 103 cm³/mol. The third kappa shape index (κ3) is 3.72. The van der Waals surface area contributed by atoms with Gasteiger partial charge >= 0.3 is 6.03 Å². The van der Waals surface area contributed by atoms with Gasteiger partial charge in [-0.2, -0.15) is 0 Å². The van der Waals surface area contributed by atoms with E-state index in [-0.39, 0.29) is 5.92 Å². The van der Waals surface area contributed by atoms with Gasteiger partial charge in [0.2, 0.25) is 5.91 Å². The molecule has 0 spiro atoms. The molecule has 3 amide bonds. The number of nitrogens with one attached hydrogen (secondary N) is 1. The average Bonchev–Trinajstić information content (AvgIpc) is 2.97. The van der Waals surface area contributed by atoms with Crippen molar-refractivity contribution in [2.24, 2.45) is 11.7 Å². The highest BCUT2D eigenvalue weighted by molar-refractivity contribution is 8.00. The molecular weight excluding hydrogens is 348 g/mol. The van der Waals surface area contributed by atoms with Crippen molar-refractivity contribution >= 4 is 34.7 Å². The maximum atomic E-state index is 12.4. The summed E-state index contributed by atoms with van der Waals surface area (Å²) in [5, 5.41) is 2.37. The lowest BCUT2D eigenvalue weighted by molar-refractivity contribution is -0.120. The molecule has 0 bridgehead atoms. The van der Waals surface area contributed by atoms with Crippen LogP contribution in [-0.2, 0) is 4.79 Å². The number of carbonyl (C=O) groups is 2. The van der Waals surface area contributed by atoms with Crippen LogP contribution in [0.15, 0.2) is 59.8 Å². The molecule has 0 fully saturated rings. The fourth-order valence-electron chi connectivity index (χ4n) is 2.71. The Balaban J connectivity index is 2.06. The third-order valence-electron chi connectivity index (χ3n) is 3.89. The molecule has 1 heterocycles. The van der Waals surface area contributed by atoms with Crippen LogP contribution in [0.2, 0.25) is 0 Å². The second-order valence-corrected chi connectivity index (χ2v) is 7.30. The monoisotopic (exact) mass is 368 g/mol. The predicted octanol–water partition coefficient (Wildman–Crippen LogP) is 3.34. The first kappa shape index (κ1) is 18.0. The zero-order chi connectivity index (χ0) is 18.7. The lowest BCUT2D eigenvalue weighted by atomic mass is 10.1. The van der Waals surface area contributed by atoms with Crippen molar-refractivity contribution in [2.75, 3.05) is 0 Å². The van der Waals surface area contributed by atoms with Crippen LogP contribution >= 0.6 is 11.8 Å². The molecule has 0 radical (unpaired) electrons. The number of urea groups is 1. The number of nitrogens with zero attached hydrogens (tertiary/aromatic N) is 2. The smallest absolute Gasteiger partial charge is 0.318 e. The van der Waals surface area contributed by atoms with Crippen molar-refractivity contribution in [3.8, 4) is 5.69 Å². The summed E-state index contributed by atoms with van der Waals surface area (Å²) in [5.41, 5.74) is 7.87. The van der Waals surface area contributed by atoms with Crippen LogP contribution in [0.5, 0.6) is 0 Å². The van der Waals surface area contributed by atoms with Crippen LogP contribution in [0.1, 0.15) is 13.8 Å². The minimum absolute atomic E-state index is 0.0108. The number of hydrogen-bond donors (Lipinski definition) is 2. The molecule has 3 aromatic rings. The number of fused-ring (bicyclic) bond motifs is 1. The van der Waals surface area contributed by atoms with E-state index in [2.05, 4.69) is 5.32 Å². The number of imide groups is 1. The van der Waals surface area contributed by atoms with E-state index in [4.69, 9.17) is 10.7 Å². The van der Waals surface area contributed by atoms with Crippen molar-refractivity contribution < 1.29 is 9.59 Å². The van der Waals surface area contributed by atoms with Crippen molar-refractivity contribution in [2.45, 2.75) is 24.3 Å². The van der Waals surface area contributed by atoms with Crippen molar-refractivity contribution in [1.82, 2.24) is 14.9 Å². The van der Waals surface area contributed by atoms with Gasteiger partial charge in [0.25, 0.3) is 0 Å². The number of rotatable bonds is 5. The Morgan fingerprint density at radius 1 is 1.08 bits per heavy atom. The van der Waals surface area contributed by atoms with Gasteiger partial charge in [-0.3, -0.25) is 14.7 Å². The van der Waals surface area contributed by atoms with E-state index in [1.165, 1.54) is 11.8 Å². The normalized spacial score (nSPS) is 12.3. The van der Waals surface area contributed by atoms with Gasteiger partial charge in [-0.05, 0) is 30.2 Å². The maximum Gasteiger partial charge on any atom is 0.318 e. The van der Waals surface area contributed by atoms with Gasteiger partial charge in [0.1, 0.15) is 0 Å². The Kier molecular flexibility index (Phi) is 5.27. The van der Waals surface area contributed by atoms with Crippen molar-refractivity contribution in [3.05, 3.63) is 54.6 Å². The molecule has 6 nitrogen and oxygen atoms in total. The number of primary amides is 1. The zero-order valence-corrected chi connectivity index (χ0v) is 15.4. The summed E-state index contributed by atoms with van der Waals surface area (Å²) in [4.78, 5) is 28.2. The molecule has 7 heteroatoms. The minimum Gasteiger partial charge on any atom is -0.351 e. The fourth-order valence-corrected chi connectivity index (χ4v) is 3.83. The average molecular weight is 368 g/mol. The Hall–Kier alpha value is -2.80. The first-order valence-corrected chi connectivity index (χ1v) is 9.15. The summed E-state index contributed by atoms with van der Waals surface area (Å²) in [5.74, 6) is -0.424. The van der Waals surface area contributed by atoms with E-state index in [0.29, 0.717) is 5.16 Å². The molecule has 0 saturated heterocycles. The number of para-hydroxylation sites is 3. The zero-order valence-electron chi connectivity index (χ0n) is 14.5. The van der Waals surface area contributed by atoms with Crippen LogP contribution in [0.25, 0.3) is 16.7 Å². The van der Waals surface area contributed by atoms with Gasteiger partial charge < -0.3 is 5.73 Å². The third-order valence-corrected chi connectivity index (χ3v) is 5.38. The molecule has 26 heavy (non-hydrogen) atoms. The van der Waals surface area contributed by atoms with Gasteiger partial charge in [-0.1, -0.05) is 55.9 Å². The molecule has 2 aromatic carbocycles. The Labute approximate surface area is 155 Å². The summed E-state index contributed by atoms with van der Waals surface area (Å²) in [7, 11) is 0. The number of benzene rings is 2. The number of carbonyl (C=O) groups excluding carboxylic acids is 2. The summed E-state index contributed by atoms with van der Waals surface area (Å²) in [6.07, 6.45) is 0. The number of nitrogens with two attached hydrogens (primary N) is 1. The van der Waals surface area contributed by atoms with Gasteiger partial charge in [-0.15, -0.1) is 0 Å². The molecule has 0 aliphatic carbocycles. The van der Waals surface area contributed by atoms with Crippen LogP contribution in [0.3, 0.4) is 0 Å². The van der Waals surface area contributed by atoms with Crippen LogP contribution in [0.4, 0.5) is 4.79 Å². The molecule has 1 aromatic heterocycles. The highest BCUT2D eigenvalue weighted by atomic mass is 32.2. The first-order chi connectivity index (χ1) is 12.5. The second-order valence-electron chi connectivity index (χ2n) is 6.19. The highest BCUT2D eigenvalue weighted by Crippen LogP contribution is 2.33. The van der Waals surface area contributed by atoms with E-state index < -0.39 is 17.2 Å². The van der Waals surface area contributed by atoms with Crippen LogP contribution in [0, 0.1) is 5.92 Å². The van der Waals surface area contributed by atoms with Gasteiger partial charge in [0, 0.05) is 5.69 Å². The number of imidazole rings is 1. The van der Waals surface area contributed by atoms with Crippen molar-refractivity contribution in [1.29, 1.82) is 0 Å². The summed E-state index contributed by atoms with van der Waals surface area (Å²) < 4.78 is 2.02. The largest absolute Gasteiger partial charge is 0.351 e. The Bertz CT molecular complexity index is 937. The molecule has 3 rings (SSSR count). The Morgan fingerprint density at radius 2 is 1.73 bits per heavy atom. The summed E-state index contributed by atoms with van der Waals surface area (Å²) in [6.45, 7) is 3.85. The van der Waals surface area contributed by atoms with E-state index in [9.17, 15) is 9.59 Å². The number of aromatic nitrogens is 2. The standard InChI is InChI=1S/C19H20N4O2S/c1-12(2)16(17(24)22-18(20)25)26-19-21-14-10-6-7-11-15(14)23(19)13-8-4-3-5-9-13/h3-12,16H,1-2H3,(H3,20,22,24,25). The molecule has 1 atom stereocenters. The fraction of sp³-hybridized carbons (Fsp3) is 0.211. The highest BCUT2D eigenvalue weighted by Gasteiger charge is 2.27. The molecule has 134 valence electrons.